The zero-order valence-corrected chi connectivity index (χ0v) is 11.6. The van der Waals surface area contributed by atoms with Crippen LogP contribution in [-0.2, 0) is 9.59 Å². The molecule has 0 spiro atoms. The van der Waals surface area contributed by atoms with E-state index in [1.165, 1.54) is 0 Å². The van der Waals surface area contributed by atoms with Crippen molar-refractivity contribution >= 4 is 11.8 Å². The number of carbonyl (C=O) groups excluding carboxylic acids is 2. The molecule has 6 nitrogen and oxygen atoms in total. The van der Waals surface area contributed by atoms with Crippen LogP contribution in [0.2, 0.25) is 0 Å². The molecule has 0 unspecified atom stereocenters. The second-order valence-electron chi connectivity index (χ2n) is 4.82. The molecule has 0 bridgehead atoms. The number of carbonyl (C=O) groups is 2. The van der Waals surface area contributed by atoms with Crippen LogP contribution in [0.1, 0.15) is 20.8 Å². The van der Waals surface area contributed by atoms with E-state index in [0.29, 0.717) is 26.2 Å². The van der Waals surface area contributed by atoms with Gasteiger partial charge in [-0.05, 0) is 13.8 Å². The Morgan fingerprint density at radius 1 is 1.26 bits per heavy atom. The maximum absolute atomic E-state index is 11.7. The second-order valence-corrected chi connectivity index (χ2v) is 4.82. The molecular formula is C13H20N4O2. The summed E-state index contributed by atoms with van der Waals surface area (Å²) in [5.74, 6) is -0.298. The highest BCUT2D eigenvalue weighted by atomic mass is 16.2. The van der Waals surface area contributed by atoms with Crippen LogP contribution in [0, 0.1) is 11.3 Å². The minimum Gasteiger partial charge on any atom is -0.373 e. The van der Waals surface area contributed by atoms with E-state index in [1.54, 1.807) is 18.0 Å². The van der Waals surface area contributed by atoms with Crippen molar-refractivity contribution in [2.24, 2.45) is 0 Å². The lowest BCUT2D eigenvalue weighted by molar-refractivity contribution is -0.130. The first kappa shape index (κ1) is 15.0. The van der Waals surface area contributed by atoms with Gasteiger partial charge in [0.2, 0.25) is 5.91 Å². The fourth-order valence-corrected chi connectivity index (χ4v) is 1.83. The first-order valence-corrected chi connectivity index (χ1v) is 6.36. The molecule has 1 saturated heterocycles. The average molecular weight is 264 g/mol. The van der Waals surface area contributed by atoms with Crippen molar-refractivity contribution in [1.82, 2.24) is 15.1 Å². The summed E-state index contributed by atoms with van der Waals surface area (Å²) >= 11 is 0. The Balaban J connectivity index is 2.61. The maximum atomic E-state index is 11.7. The quantitative estimate of drug-likeness (QED) is 0.578. The van der Waals surface area contributed by atoms with Crippen molar-refractivity contribution in [3.05, 3.63) is 11.8 Å². The summed E-state index contributed by atoms with van der Waals surface area (Å²) in [5.41, 5.74) is 0.102. The first-order valence-electron chi connectivity index (χ1n) is 6.36. The Labute approximate surface area is 113 Å². The molecule has 0 atom stereocenters. The van der Waals surface area contributed by atoms with Crippen molar-refractivity contribution in [1.29, 1.82) is 5.26 Å². The van der Waals surface area contributed by atoms with Crippen LogP contribution in [0.4, 0.5) is 0 Å². The normalized spacial score (nSPS) is 16.3. The van der Waals surface area contributed by atoms with Gasteiger partial charge < -0.3 is 15.1 Å². The third-order valence-corrected chi connectivity index (χ3v) is 2.86. The molecule has 104 valence electrons. The van der Waals surface area contributed by atoms with Crippen LogP contribution in [0.25, 0.3) is 0 Å². The van der Waals surface area contributed by atoms with Crippen molar-refractivity contribution in [2.45, 2.75) is 26.8 Å². The van der Waals surface area contributed by atoms with E-state index in [4.69, 9.17) is 5.26 Å². The van der Waals surface area contributed by atoms with Crippen LogP contribution >= 0.6 is 0 Å². The summed E-state index contributed by atoms with van der Waals surface area (Å²) in [5, 5.41) is 11.7. The Morgan fingerprint density at radius 3 is 2.26 bits per heavy atom. The van der Waals surface area contributed by atoms with Crippen LogP contribution in [-0.4, -0.2) is 53.8 Å². The Morgan fingerprint density at radius 2 is 1.84 bits per heavy atom. The van der Waals surface area contributed by atoms with Crippen molar-refractivity contribution in [3.8, 4) is 6.07 Å². The van der Waals surface area contributed by atoms with Crippen LogP contribution in [0.15, 0.2) is 11.8 Å². The van der Waals surface area contributed by atoms with Gasteiger partial charge in [0.15, 0.2) is 0 Å². The van der Waals surface area contributed by atoms with E-state index in [0.717, 1.165) is 0 Å². The second kappa shape index (κ2) is 6.78. The molecule has 1 aliphatic rings. The Hall–Kier alpha value is -2.03. The van der Waals surface area contributed by atoms with Crippen LogP contribution in [0.5, 0.6) is 0 Å². The van der Waals surface area contributed by atoms with Gasteiger partial charge in [0, 0.05) is 45.3 Å². The van der Waals surface area contributed by atoms with E-state index in [9.17, 15) is 9.59 Å². The molecule has 1 rings (SSSR count). The van der Waals surface area contributed by atoms with Gasteiger partial charge in [-0.1, -0.05) is 0 Å². The minimum atomic E-state index is -0.355. The molecule has 19 heavy (non-hydrogen) atoms. The third-order valence-electron chi connectivity index (χ3n) is 2.86. The molecule has 6 heteroatoms. The molecule has 0 aromatic heterocycles. The predicted molar refractivity (Wildman–Crippen MR) is 70.8 cm³/mol. The van der Waals surface area contributed by atoms with Gasteiger partial charge in [-0.2, -0.15) is 5.26 Å². The van der Waals surface area contributed by atoms with E-state index >= 15 is 0 Å². The van der Waals surface area contributed by atoms with E-state index in [-0.39, 0.29) is 23.4 Å². The predicted octanol–water partition coefficient (Wildman–Crippen LogP) is 0.0826. The number of nitrogens with one attached hydrogen (secondary N) is 1. The molecular weight excluding hydrogens is 244 g/mol. The maximum Gasteiger partial charge on any atom is 0.263 e. The van der Waals surface area contributed by atoms with Gasteiger partial charge in [0.1, 0.15) is 11.6 Å². The van der Waals surface area contributed by atoms with Gasteiger partial charge >= 0.3 is 0 Å². The number of amides is 2. The van der Waals surface area contributed by atoms with Gasteiger partial charge in [-0.15, -0.1) is 0 Å². The zero-order chi connectivity index (χ0) is 14.4. The van der Waals surface area contributed by atoms with E-state index < -0.39 is 0 Å². The molecule has 2 amide bonds. The number of rotatable bonds is 3. The molecule has 0 aromatic carbocycles. The standard InChI is InChI=1S/C13H20N4O2/c1-10(2)15-13(19)12(8-14)9-16-4-6-17(7-5-16)11(3)18/h9-10H,4-7H2,1-3H3,(H,15,19)/b12-9-. The molecule has 1 fully saturated rings. The Kier molecular flexibility index (Phi) is 5.37. The third kappa shape index (κ3) is 4.62. The van der Waals surface area contributed by atoms with Gasteiger partial charge in [-0.25, -0.2) is 0 Å². The summed E-state index contributed by atoms with van der Waals surface area (Å²) in [7, 11) is 0. The summed E-state index contributed by atoms with van der Waals surface area (Å²) < 4.78 is 0. The summed E-state index contributed by atoms with van der Waals surface area (Å²) in [6.45, 7) is 7.76. The highest BCUT2D eigenvalue weighted by molar-refractivity contribution is 5.97. The Bertz CT molecular complexity index is 415. The van der Waals surface area contributed by atoms with Gasteiger partial charge in [0.25, 0.3) is 5.91 Å². The summed E-state index contributed by atoms with van der Waals surface area (Å²) in [4.78, 5) is 26.6. The number of nitrogens with zero attached hydrogens (tertiary/aromatic N) is 3. The highest BCUT2D eigenvalue weighted by Gasteiger charge is 2.18. The smallest absolute Gasteiger partial charge is 0.263 e. The lowest BCUT2D eigenvalue weighted by atomic mass is 10.2. The van der Waals surface area contributed by atoms with Crippen molar-refractivity contribution in [3.63, 3.8) is 0 Å². The van der Waals surface area contributed by atoms with E-state index in [1.807, 2.05) is 24.8 Å². The number of hydrogen-bond acceptors (Lipinski definition) is 4. The van der Waals surface area contributed by atoms with Crippen molar-refractivity contribution in [2.75, 3.05) is 26.2 Å². The molecule has 0 saturated carbocycles. The lowest BCUT2D eigenvalue weighted by Gasteiger charge is -2.33. The highest BCUT2D eigenvalue weighted by Crippen LogP contribution is 2.05. The summed E-state index contributed by atoms with van der Waals surface area (Å²) in [6, 6.07) is 1.91. The molecule has 0 aliphatic carbocycles. The zero-order valence-electron chi connectivity index (χ0n) is 11.6. The molecule has 1 N–H and O–H groups in total. The van der Waals surface area contributed by atoms with E-state index in [2.05, 4.69) is 5.32 Å². The molecule has 1 aliphatic heterocycles. The lowest BCUT2D eigenvalue weighted by Crippen LogP contribution is -2.46. The minimum absolute atomic E-state index is 0.00110. The van der Waals surface area contributed by atoms with Crippen LogP contribution in [0.3, 0.4) is 0 Å². The first-order chi connectivity index (χ1) is 8.93. The van der Waals surface area contributed by atoms with Gasteiger partial charge in [0.05, 0.1) is 0 Å². The fraction of sp³-hybridized carbons (Fsp3) is 0.615. The fourth-order valence-electron chi connectivity index (χ4n) is 1.83. The SMILES string of the molecule is CC(=O)N1CCN(/C=C(/C#N)C(=O)NC(C)C)CC1. The largest absolute Gasteiger partial charge is 0.373 e. The molecule has 1 heterocycles. The molecule has 0 aromatic rings. The number of nitriles is 1. The average Bonchev–Trinajstić information content (AvgIpc) is 2.35. The van der Waals surface area contributed by atoms with Gasteiger partial charge in [-0.3, -0.25) is 9.59 Å². The van der Waals surface area contributed by atoms with Crippen LogP contribution < -0.4 is 5.32 Å². The van der Waals surface area contributed by atoms with Crippen molar-refractivity contribution < 1.29 is 9.59 Å². The number of hydrogen-bond donors (Lipinski definition) is 1. The monoisotopic (exact) mass is 264 g/mol. The topological polar surface area (TPSA) is 76.4 Å². The number of piperazine rings is 1. The summed E-state index contributed by atoms with van der Waals surface area (Å²) in [6.07, 6.45) is 1.58. The molecule has 0 radical (unpaired) electrons.